The molecule has 2 aliphatic rings. The van der Waals surface area contributed by atoms with Crippen molar-refractivity contribution in [1.82, 2.24) is 19.9 Å². The van der Waals surface area contributed by atoms with Crippen LogP contribution in [0.25, 0.3) is 68.6 Å². The van der Waals surface area contributed by atoms with Crippen LogP contribution in [0.4, 0.5) is 0 Å². The van der Waals surface area contributed by atoms with Crippen LogP contribution in [0.3, 0.4) is 0 Å². The topological polar surface area (TPSA) is 57.4 Å². The van der Waals surface area contributed by atoms with Crippen molar-refractivity contribution in [2.45, 2.75) is 55.4 Å². The fourth-order valence-corrected chi connectivity index (χ4v) is 7.17. The minimum atomic E-state index is 0.941. The van der Waals surface area contributed by atoms with E-state index < -0.39 is 0 Å². The van der Waals surface area contributed by atoms with E-state index >= 15 is 0 Å². The van der Waals surface area contributed by atoms with Gasteiger partial charge in [-0.2, -0.15) is 0 Å². The maximum atomic E-state index is 5.24. The number of hydrogen-bond donors (Lipinski definition) is 2. The molecule has 0 saturated carbocycles. The van der Waals surface area contributed by atoms with Crippen LogP contribution in [0.1, 0.15) is 67.3 Å². The third-order valence-electron chi connectivity index (χ3n) is 9.13. The van der Waals surface area contributed by atoms with Crippen LogP contribution in [0.5, 0.6) is 0 Å². The lowest BCUT2D eigenvalue weighted by Gasteiger charge is -2.13. The molecule has 3 aromatic heterocycles. The zero-order chi connectivity index (χ0) is 30.9. The zero-order valence-electron chi connectivity index (χ0n) is 26.8. The fourth-order valence-electron chi connectivity index (χ4n) is 7.17. The van der Waals surface area contributed by atoms with E-state index in [4.69, 9.17) is 9.97 Å². The van der Waals surface area contributed by atoms with Crippen molar-refractivity contribution in [3.05, 3.63) is 116 Å². The predicted octanol–water partition coefficient (Wildman–Crippen LogP) is 10.5. The highest BCUT2D eigenvalue weighted by molar-refractivity contribution is 5.97. The van der Waals surface area contributed by atoms with Crippen LogP contribution in [-0.2, 0) is 0 Å². The molecule has 5 aromatic rings. The molecule has 44 heavy (non-hydrogen) atoms. The molecule has 0 atom stereocenters. The first-order valence-corrected chi connectivity index (χ1v) is 15.3. The van der Waals surface area contributed by atoms with Crippen molar-refractivity contribution in [1.29, 1.82) is 0 Å². The summed E-state index contributed by atoms with van der Waals surface area (Å²) in [5.41, 5.74) is 22.5. The van der Waals surface area contributed by atoms with Gasteiger partial charge in [-0.1, -0.05) is 35.4 Å². The van der Waals surface area contributed by atoms with E-state index in [9.17, 15) is 0 Å². The molecule has 2 aliphatic heterocycles. The van der Waals surface area contributed by atoms with Gasteiger partial charge >= 0.3 is 0 Å². The van der Waals surface area contributed by atoms with Crippen LogP contribution in [0.2, 0.25) is 0 Å². The molecule has 4 heteroatoms. The van der Waals surface area contributed by atoms with Crippen LogP contribution in [0, 0.1) is 55.4 Å². The smallest absolute Gasteiger partial charge is 0.0738 e. The molecule has 0 spiro atoms. The number of aromatic nitrogens is 4. The first-order valence-electron chi connectivity index (χ1n) is 15.3. The fraction of sp³-hybridized carbons (Fsp3) is 0.200. The molecule has 0 amide bonds. The van der Waals surface area contributed by atoms with Crippen LogP contribution >= 0.6 is 0 Å². The molecule has 0 aliphatic carbocycles. The number of aromatic amines is 2. The highest BCUT2D eigenvalue weighted by atomic mass is 14.8. The number of nitrogens with zero attached hydrogens (tertiary/aromatic N) is 2. The maximum absolute atomic E-state index is 5.24. The normalized spacial score (nSPS) is 12.4. The lowest BCUT2D eigenvalue weighted by atomic mass is 9.92. The summed E-state index contributed by atoms with van der Waals surface area (Å²) in [6, 6.07) is 17.8. The zero-order valence-corrected chi connectivity index (χ0v) is 26.8. The standard InChI is InChI=1S/C40H38N4/c1-21-17-23(3)37(24(4)18-21)39-33-13-9-29(41-33)27(7)31-11-15-35(43-31)40(38-25(5)19-22(2)20-26(38)6)36-16-12-32(44-36)28(8)30-10-14-34(39)42-30/h9-20,41-42H,1-8H3. The average Bonchev–Trinajstić information content (AvgIpc) is 3.78. The molecule has 5 heterocycles. The van der Waals surface area contributed by atoms with Crippen molar-refractivity contribution in [2.75, 3.05) is 0 Å². The highest BCUT2D eigenvalue weighted by Crippen LogP contribution is 2.38. The summed E-state index contributed by atoms with van der Waals surface area (Å²) in [6.07, 6.45) is 8.57. The van der Waals surface area contributed by atoms with Gasteiger partial charge in [0.25, 0.3) is 0 Å². The van der Waals surface area contributed by atoms with Crippen molar-refractivity contribution in [2.24, 2.45) is 0 Å². The number of hydrogen-bond acceptors (Lipinski definition) is 2. The number of fused-ring (bicyclic) bond motifs is 8. The number of nitrogens with one attached hydrogen (secondary N) is 2. The molecule has 0 fully saturated rings. The highest BCUT2D eigenvalue weighted by Gasteiger charge is 2.20. The van der Waals surface area contributed by atoms with Crippen molar-refractivity contribution in [3.8, 4) is 22.3 Å². The Labute approximate surface area is 259 Å². The lowest BCUT2D eigenvalue weighted by Crippen LogP contribution is -1.96. The van der Waals surface area contributed by atoms with Crippen LogP contribution in [0.15, 0.2) is 48.5 Å². The van der Waals surface area contributed by atoms with E-state index in [1.165, 1.54) is 50.1 Å². The average molecular weight is 575 g/mol. The second-order valence-electron chi connectivity index (χ2n) is 12.6. The summed E-state index contributed by atoms with van der Waals surface area (Å²) in [6.45, 7) is 17.4. The van der Waals surface area contributed by atoms with Crippen LogP contribution < -0.4 is 0 Å². The largest absolute Gasteiger partial charge is 0.355 e. The molecule has 4 nitrogen and oxygen atoms in total. The van der Waals surface area contributed by atoms with Crippen molar-refractivity contribution < 1.29 is 0 Å². The second kappa shape index (κ2) is 10.3. The Bertz CT molecular complexity index is 2100. The van der Waals surface area contributed by atoms with Gasteiger partial charge in [-0.3, -0.25) is 0 Å². The van der Waals surface area contributed by atoms with Gasteiger partial charge in [0.05, 0.1) is 22.8 Å². The molecule has 218 valence electrons. The Morgan fingerprint density at radius 2 is 0.727 bits per heavy atom. The Kier molecular flexibility index (Phi) is 6.55. The van der Waals surface area contributed by atoms with E-state index in [1.54, 1.807) is 0 Å². The van der Waals surface area contributed by atoms with E-state index in [-0.39, 0.29) is 0 Å². The summed E-state index contributed by atoms with van der Waals surface area (Å²) >= 11 is 0. The number of aryl methyl sites for hydroxylation is 8. The summed E-state index contributed by atoms with van der Waals surface area (Å²) in [7, 11) is 0. The molecule has 2 aromatic carbocycles. The van der Waals surface area contributed by atoms with Gasteiger partial charge in [-0.05, 0) is 148 Å². The van der Waals surface area contributed by atoms with E-state index in [1.807, 2.05) is 0 Å². The Morgan fingerprint density at radius 3 is 1.14 bits per heavy atom. The predicted molar refractivity (Wildman–Crippen MR) is 188 cm³/mol. The molecular weight excluding hydrogens is 536 g/mol. The number of rotatable bonds is 2. The molecular formula is C40H38N4. The van der Waals surface area contributed by atoms with Crippen molar-refractivity contribution >= 4 is 46.4 Å². The minimum absolute atomic E-state index is 0.941. The van der Waals surface area contributed by atoms with Gasteiger partial charge < -0.3 is 9.97 Å². The van der Waals surface area contributed by atoms with Gasteiger partial charge in [-0.25, -0.2) is 9.97 Å². The second-order valence-corrected chi connectivity index (χ2v) is 12.6. The third-order valence-corrected chi connectivity index (χ3v) is 9.13. The van der Waals surface area contributed by atoms with Crippen LogP contribution in [-0.4, -0.2) is 19.9 Å². The maximum Gasteiger partial charge on any atom is 0.0738 e. The van der Waals surface area contributed by atoms with Gasteiger partial charge in [-0.15, -0.1) is 0 Å². The lowest BCUT2D eigenvalue weighted by molar-refractivity contribution is 1.23. The third kappa shape index (κ3) is 4.53. The molecule has 0 radical (unpaired) electrons. The summed E-state index contributed by atoms with van der Waals surface area (Å²) < 4.78 is 0. The first-order chi connectivity index (χ1) is 21.1. The molecule has 0 saturated heterocycles. The van der Waals surface area contributed by atoms with Crippen molar-refractivity contribution in [3.63, 3.8) is 0 Å². The molecule has 8 bridgehead atoms. The van der Waals surface area contributed by atoms with Gasteiger partial charge in [0, 0.05) is 33.2 Å². The summed E-state index contributed by atoms with van der Waals surface area (Å²) in [5, 5.41) is 0. The number of benzene rings is 2. The van der Waals surface area contributed by atoms with E-state index in [0.717, 1.165) is 61.5 Å². The number of H-pyrrole nitrogens is 2. The van der Waals surface area contributed by atoms with E-state index in [0.29, 0.717) is 0 Å². The minimum Gasteiger partial charge on any atom is -0.355 e. The summed E-state index contributed by atoms with van der Waals surface area (Å²) in [4.78, 5) is 18.0. The quantitative estimate of drug-likeness (QED) is 0.216. The van der Waals surface area contributed by atoms with E-state index in [2.05, 4.69) is 138 Å². The first kappa shape index (κ1) is 27.8. The molecule has 7 rings (SSSR count). The molecule has 0 unspecified atom stereocenters. The van der Waals surface area contributed by atoms with Gasteiger partial charge in [0.2, 0.25) is 0 Å². The SMILES string of the molecule is Cc1cc(C)c(-c2c3nc(c(C)c4ccc([nH]4)c(-c4c(C)cc(C)cc4C)c4ccc([nH]4)c(C)c4nc2C=C4)C=C3)c(C)c1. The Balaban J connectivity index is 1.65. The Hall–Kier alpha value is -4.96. The summed E-state index contributed by atoms with van der Waals surface area (Å²) in [5.74, 6) is 0. The molecule has 2 N–H and O–H groups in total. The monoisotopic (exact) mass is 574 g/mol. The van der Waals surface area contributed by atoms with Gasteiger partial charge in [0.15, 0.2) is 0 Å². The Morgan fingerprint density at radius 1 is 0.386 bits per heavy atom. The van der Waals surface area contributed by atoms with Gasteiger partial charge in [0.1, 0.15) is 0 Å².